The molecular formula is C13H25N3O2. The first kappa shape index (κ1) is 13.6. The van der Waals surface area contributed by atoms with Crippen molar-refractivity contribution in [3.8, 4) is 0 Å². The monoisotopic (exact) mass is 255 g/mol. The van der Waals surface area contributed by atoms with Gasteiger partial charge in [0.05, 0.1) is 13.2 Å². The number of morpholine rings is 1. The molecule has 18 heavy (non-hydrogen) atoms. The molecule has 0 radical (unpaired) electrons. The zero-order valence-corrected chi connectivity index (χ0v) is 11.4. The number of rotatable bonds is 3. The van der Waals surface area contributed by atoms with Crippen LogP contribution in [0.4, 0.5) is 4.79 Å². The van der Waals surface area contributed by atoms with E-state index in [2.05, 4.69) is 17.1 Å². The molecule has 0 aromatic carbocycles. The Morgan fingerprint density at radius 1 is 1.33 bits per heavy atom. The lowest BCUT2D eigenvalue weighted by Gasteiger charge is -2.31. The van der Waals surface area contributed by atoms with Crippen LogP contribution >= 0.6 is 0 Å². The highest BCUT2D eigenvalue weighted by Crippen LogP contribution is 2.15. The molecule has 2 saturated heterocycles. The van der Waals surface area contributed by atoms with Gasteiger partial charge in [-0.2, -0.15) is 0 Å². The molecule has 0 spiro atoms. The van der Waals surface area contributed by atoms with Crippen molar-refractivity contribution in [1.29, 1.82) is 0 Å². The molecule has 2 amide bonds. The average molecular weight is 255 g/mol. The molecule has 1 unspecified atom stereocenters. The Morgan fingerprint density at radius 3 is 2.83 bits per heavy atom. The van der Waals surface area contributed by atoms with Gasteiger partial charge in [-0.15, -0.1) is 0 Å². The number of nitrogens with zero attached hydrogens (tertiary/aromatic N) is 2. The molecule has 104 valence electrons. The third-order valence-electron chi connectivity index (χ3n) is 3.75. The fraction of sp³-hybridized carbons (Fsp3) is 0.923. The number of hydrogen-bond donors (Lipinski definition) is 1. The SMILES string of the molecule is CC1CCCN(C(=O)NCCN2CCOCC2)C1. The summed E-state index contributed by atoms with van der Waals surface area (Å²) in [6.45, 7) is 9.30. The van der Waals surface area contributed by atoms with Crippen molar-refractivity contribution in [2.24, 2.45) is 5.92 Å². The zero-order valence-electron chi connectivity index (χ0n) is 11.4. The lowest BCUT2D eigenvalue weighted by atomic mass is 10.0. The van der Waals surface area contributed by atoms with E-state index >= 15 is 0 Å². The van der Waals surface area contributed by atoms with Crippen LogP contribution in [-0.2, 0) is 4.74 Å². The highest BCUT2D eigenvalue weighted by atomic mass is 16.5. The maximum atomic E-state index is 12.0. The quantitative estimate of drug-likeness (QED) is 0.810. The third kappa shape index (κ3) is 4.14. The Morgan fingerprint density at radius 2 is 2.11 bits per heavy atom. The fourth-order valence-corrected chi connectivity index (χ4v) is 2.63. The average Bonchev–Trinajstić information content (AvgIpc) is 2.40. The first-order valence-corrected chi connectivity index (χ1v) is 7.08. The number of likely N-dealkylation sites (tertiary alicyclic amines) is 1. The van der Waals surface area contributed by atoms with E-state index in [1.54, 1.807) is 0 Å². The van der Waals surface area contributed by atoms with Crippen LogP contribution in [0.15, 0.2) is 0 Å². The minimum absolute atomic E-state index is 0.106. The van der Waals surface area contributed by atoms with Crippen molar-refractivity contribution in [3.63, 3.8) is 0 Å². The van der Waals surface area contributed by atoms with E-state index < -0.39 is 0 Å². The van der Waals surface area contributed by atoms with Gasteiger partial charge in [0.25, 0.3) is 0 Å². The highest BCUT2D eigenvalue weighted by Gasteiger charge is 2.20. The summed E-state index contributed by atoms with van der Waals surface area (Å²) < 4.78 is 5.30. The molecule has 0 aromatic rings. The molecule has 1 atom stereocenters. The fourth-order valence-electron chi connectivity index (χ4n) is 2.63. The Labute approximate surface area is 109 Å². The highest BCUT2D eigenvalue weighted by molar-refractivity contribution is 5.74. The number of hydrogen-bond acceptors (Lipinski definition) is 3. The molecule has 5 heteroatoms. The Bertz CT molecular complexity index is 267. The summed E-state index contributed by atoms with van der Waals surface area (Å²) in [4.78, 5) is 16.2. The number of amides is 2. The van der Waals surface area contributed by atoms with Gasteiger partial charge in [0.2, 0.25) is 0 Å². The molecule has 1 N–H and O–H groups in total. The number of piperidine rings is 1. The summed E-state index contributed by atoms with van der Waals surface area (Å²) in [5.74, 6) is 0.642. The van der Waals surface area contributed by atoms with Gasteiger partial charge in [0, 0.05) is 39.3 Å². The molecule has 2 heterocycles. The van der Waals surface area contributed by atoms with Crippen molar-refractivity contribution in [3.05, 3.63) is 0 Å². The zero-order chi connectivity index (χ0) is 12.8. The van der Waals surface area contributed by atoms with Gasteiger partial charge >= 0.3 is 6.03 Å². The molecular weight excluding hydrogens is 230 g/mol. The van der Waals surface area contributed by atoms with Gasteiger partial charge in [0.1, 0.15) is 0 Å². The van der Waals surface area contributed by atoms with Crippen LogP contribution in [0.1, 0.15) is 19.8 Å². The molecule has 0 bridgehead atoms. The van der Waals surface area contributed by atoms with Crippen LogP contribution in [0.3, 0.4) is 0 Å². The van der Waals surface area contributed by atoms with E-state index in [-0.39, 0.29) is 6.03 Å². The van der Waals surface area contributed by atoms with Crippen LogP contribution < -0.4 is 5.32 Å². The van der Waals surface area contributed by atoms with E-state index in [0.29, 0.717) is 5.92 Å². The molecule has 5 nitrogen and oxygen atoms in total. The second-order valence-corrected chi connectivity index (χ2v) is 5.38. The number of nitrogens with one attached hydrogen (secondary N) is 1. The van der Waals surface area contributed by atoms with Crippen molar-refractivity contribution >= 4 is 6.03 Å². The van der Waals surface area contributed by atoms with Crippen molar-refractivity contribution in [1.82, 2.24) is 15.1 Å². The van der Waals surface area contributed by atoms with Gasteiger partial charge in [-0.05, 0) is 18.8 Å². The van der Waals surface area contributed by atoms with Crippen LogP contribution in [0.2, 0.25) is 0 Å². The van der Waals surface area contributed by atoms with E-state index in [0.717, 1.165) is 58.9 Å². The second kappa shape index (κ2) is 6.95. The summed E-state index contributed by atoms with van der Waals surface area (Å²) in [6, 6.07) is 0.106. The molecule has 2 aliphatic heterocycles. The summed E-state index contributed by atoms with van der Waals surface area (Å²) in [7, 11) is 0. The Hall–Kier alpha value is -0.810. The van der Waals surface area contributed by atoms with Gasteiger partial charge < -0.3 is 15.0 Å². The Kier molecular flexibility index (Phi) is 5.26. The van der Waals surface area contributed by atoms with Gasteiger partial charge in [-0.25, -0.2) is 4.79 Å². The number of urea groups is 1. The molecule has 0 saturated carbocycles. The van der Waals surface area contributed by atoms with Gasteiger partial charge in [0.15, 0.2) is 0 Å². The first-order chi connectivity index (χ1) is 8.75. The predicted octanol–water partition coefficient (Wildman–Crippen LogP) is 0.760. The van der Waals surface area contributed by atoms with Crippen molar-refractivity contribution < 1.29 is 9.53 Å². The van der Waals surface area contributed by atoms with Gasteiger partial charge in [-0.1, -0.05) is 6.92 Å². The minimum Gasteiger partial charge on any atom is -0.379 e. The lowest BCUT2D eigenvalue weighted by Crippen LogP contribution is -2.47. The summed E-state index contributed by atoms with van der Waals surface area (Å²) in [6.07, 6.45) is 2.38. The van der Waals surface area contributed by atoms with Crippen LogP contribution in [0.5, 0.6) is 0 Å². The predicted molar refractivity (Wildman–Crippen MR) is 70.6 cm³/mol. The van der Waals surface area contributed by atoms with Crippen LogP contribution in [-0.4, -0.2) is 68.3 Å². The summed E-state index contributed by atoms with van der Waals surface area (Å²) >= 11 is 0. The molecule has 2 aliphatic rings. The van der Waals surface area contributed by atoms with Crippen LogP contribution in [0, 0.1) is 5.92 Å². The molecule has 2 rings (SSSR count). The lowest BCUT2D eigenvalue weighted by molar-refractivity contribution is 0.0385. The van der Waals surface area contributed by atoms with Crippen molar-refractivity contribution in [2.45, 2.75) is 19.8 Å². The number of carbonyl (C=O) groups is 1. The number of ether oxygens (including phenoxy) is 1. The van der Waals surface area contributed by atoms with Crippen LogP contribution in [0.25, 0.3) is 0 Å². The van der Waals surface area contributed by atoms with E-state index in [9.17, 15) is 4.79 Å². The van der Waals surface area contributed by atoms with E-state index in [1.165, 1.54) is 6.42 Å². The molecule has 2 fully saturated rings. The van der Waals surface area contributed by atoms with E-state index in [1.807, 2.05) is 4.90 Å². The first-order valence-electron chi connectivity index (χ1n) is 7.08. The van der Waals surface area contributed by atoms with Crippen molar-refractivity contribution in [2.75, 3.05) is 52.5 Å². The summed E-state index contributed by atoms with van der Waals surface area (Å²) in [5.41, 5.74) is 0. The van der Waals surface area contributed by atoms with Gasteiger partial charge in [-0.3, -0.25) is 4.90 Å². The second-order valence-electron chi connectivity index (χ2n) is 5.38. The normalized spacial score (nSPS) is 26.1. The summed E-state index contributed by atoms with van der Waals surface area (Å²) in [5, 5.41) is 3.02. The third-order valence-corrected chi connectivity index (χ3v) is 3.75. The maximum Gasteiger partial charge on any atom is 0.317 e. The molecule has 0 aromatic heterocycles. The standard InChI is InChI=1S/C13H25N3O2/c1-12-3-2-5-16(11-12)13(17)14-4-6-15-7-9-18-10-8-15/h12H,2-11H2,1H3,(H,14,17). The molecule has 0 aliphatic carbocycles. The Balaban J connectivity index is 1.61. The maximum absolute atomic E-state index is 12.0. The minimum atomic E-state index is 0.106. The topological polar surface area (TPSA) is 44.8 Å². The number of carbonyl (C=O) groups excluding carboxylic acids is 1. The smallest absolute Gasteiger partial charge is 0.317 e. The van der Waals surface area contributed by atoms with E-state index in [4.69, 9.17) is 4.74 Å². The largest absolute Gasteiger partial charge is 0.379 e.